The van der Waals surface area contributed by atoms with Crippen LogP contribution in [0.15, 0.2) is 42.5 Å². The molecule has 244 valence electrons. The maximum absolute atomic E-state index is 16.1. The van der Waals surface area contributed by atoms with Gasteiger partial charge in [0, 0.05) is 29.4 Å². The van der Waals surface area contributed by atoms with Crippen LogP contribution >= 0.6 is 22.9 Å². The molecule has 0 amide bonds. The molecule has 1 atom stereocenters. The van der Waals surface area contributed by atoms with Crippen LogP contribution in [0.2, 0.25) is 5.02 Å². The Morgan fingerprint density at radius 1 is 1.22 bits per heavy atom. The lowest BCUT2D eigenvalue weighted by Crippen LogP contribution is -2.55. The number of piperidine rings is 1. The van der Waals surface area contributed by atoms with Gasteiger partial charge in [-0.05, 0) is 71.2 Å². The maximum Gasteiger partial charge on any atom is 0.352 e. The fraction of sp³-hybridized carbons (Fsp3) is 0.419. The van der Waals surface area contributed by atoms with Gasteiger partial charge in [0.15, 0.2) is 23.1 Å². The number of rotatable bonds is 10. The number of halogens is 2. The van der Waals surface area contributed by atoms with Crippen molar-refractivity contribution in [1.29, 1.82) is 0 Å². The van der Waals surface area contributed by atoms with Crippen LogP contribution in [0.5, 0.6) is 5.75 Å². The molecule has 4 N–H and O–H groups in total. The van der Waals surface area contributed by atoms with E-state index in [0.717, 1.165) is 11.3 Å². The number of thiophene rings is 1. The summed E-state index contributed by atoms with van der Waals surface area (Å²) >= 11 is 7.41. The molecule has 1 saturated heterocycles. The van der Waals surface area contributed by atoms with Crippen LogP contribution in [0.3, 0.4) is 0 Å². The van der Waals surface area contributed by atoms with Crippen molar-refractivity contribution >= 4 is 56.3 Å². The molecule has 0 aliphatic carbocycles. The van der Waals surface area contributed by atoms with Gasteiger partial charge in [0.05, 0.1) is 16.3 Å². The Kier molecular flexibility index (Phi) is 10.1. The van der Waals surface area contributed by atoms with Gasteiger partial charge in [-0.1, -0.05) is 35.9 Å². The van der Waals surface area contributed by atoms with Gasteiger partial charge < -0.3 is 25.6 Å². The van der Waals surface area contributed by atoms with Crippen molar-refractivity contribution in [2.24, 2.45) is 0 Å². The van der Waals surface area contributed by atoms with Gasteiger partial charge in [0.25, 0.3) is 0 Å². The van der Waals surface area contributed by atoms with Crippen molar-refractivity contribution in [2.45, 2.75) is 70.4 Å². The summed E-state index contributed by atoms with van der Waals surface area (Å²) in [5, 5.41) is 12.2. The van der Waals surface area contributed by atoms with E-state index in [9.17, 15) is 18.0 Å². The van der Waals surface area contributed by atoms with E-state index in [1.54, 1.807) is 57.2 Å². The Hall–Kier alpha value is -3.39. The molecule has 2 aromatic carbocycles. The fourth-order valence-electron chi connectivity index (χ4n) is 5.32. The van der Waals surface area contributed by atoms with Crippen LogP contribution in [-0.2, 0) is 25.3 Å². The van der Waals surface area contributed by atoms with Crippen LogP contribution in [0.1, 0.15) is 62.7 Å². The van der Waals surface area contributed by atoms with E-state index in [4.69, 9.17) is 31.9 Å². The van der Waals surface area contributed by atoms with Gasteiger partial charge in [0.1, 0.15) is 10.6 Å². The number of hydrogen-bond donors (Lipinski definition) is 3. The molecule has 3 aromatic rings. The number of nitrogens with one attached hydrogen (secondary N) is 1. The zero-order valence-corrected chi connectivity index (χ0v) is 28.0. The molecule has 1 aliphatic heterocycles. The quantitative estimate of drug-likeness (QED) is 0.163. The SMILES string of the molecule is CC(C)(C)OC(=O)c1sc(-c2cccc(N[C@@H]3CCN(S(=O)(=O)Cc4cccc(N)c4)C(C)(C)C3)c2F)c(Cl)c1OCC(=O)O. The number of anilines is 2. The second-order valence-corrected chi connectivity index (χ2v) is 15.8. The number of carboxylic acids is 1. The lowest BCUT2D eigenvalue weighted by molar-refractivity contribution is -0.139. The zero-order chi connectivity index (χ0) is 33.3. The van der Waals surface area contributed by atoms with Crippen molar-refractivity contribution in [1.82, 2.24) is 4.31 Å². The summed E-state index contributed by atoms with van der Waals surface area (Å²) in [5.41, 5.74) is 5.55. The number of aliphatic carboxylic acids is 1. The van der Waals surface area contributed by atoms with E-state index in [-0.39, 0.29) is 50.1 Å². The first-order valence-corrected chi connectivity index (χ1v) is 17.0. The number of benzene rings is 2. The van der Waals surface area contributed by atoms with Gasteiger partial charge in [-0.2, -0.15) is 4.31 Å². The Bertz CT molecular complexity index is 1700. The number of carbonyl (C=O) groups excluding carboxylic acids is 1. The molecular weight excluding hydrogens is 645 g/mol. The molecule has 4 rings (SSSR count). The summed E-state index contributed by atoms with van der Waals surface area (Å²) in [5.74, 6) is -3.08. The summed E-state index contributed by atoms with van der Waals surface area (Å²) in [6, 6.07) is 11.2. The number of hydrogen-bond acceptors (Lipinski definition) is 9. The van der Waals surface area contributed by atoms with E-state index in [1.807, 2.05) is 13.8 Å². The van der Waals surface area contributed by atoms with Crippen LogP contribution in [-0.4, -0.2) is 60.1 Å². The van der Waals surface area contributed by atoms with Crippen molar-refractivity contribution in [3.63, 3.8) is 0 Å². The van der Waals surface area contributed by atoms with Gasteiger partial charge in [0.2, 0.25) is 10.0 Å². The Morgan fingerprint density at radius 2 is 1.91 bits per heavy atom. The third-order valence-electron chi connectivity index (χ3n) is 7.07. The zero-order valence-electron chi connectivity index (χ0n) is 25.6. The number of nitrogens with two attached hydrogens (primary N) is 1. The summed E-state index contributed by atoms with van der Waals surface area (Å²) in [6.07, 6.45) is 0.835. The van der Waals surface area contributed by atoms with Crippen molar-refractivity contribution in [3.05, 3.63) is 63.7 Å². The highest BCUT2D eigenvalue weighted by Crippen LogP contribution is 2.47. The largest absolute Gasteiger partial charge is 0.479 e. The second-order valence-electron chi connectivity index (χ2n) is 12.5. The molecule has 2 heterocycles. The standard InChI is InChI=1S/C31H37ClFN3O7S2/c1-30(2,3)43-29(39)28-26(42-16-23(37)38)24(32)27(44-28)21-10-7-11-22(25(21)33)35-20-12-13-36(31(4,5)15-20)45(40,41)17-18-8-6-9-19(34)14-18/h6-11,14,20,35H,12-13,15-17,34H2,1-5H3,(H,37,38)/t20-/m1/s1. The molecule has 0 unspecified atom stereocenters. The average molecular weight is 682 g/mol. The number of sulfonamides is 1. The van der Waals surface area contributed by atoms with E-state index >= 15 is 4.39 Å². The molecule has 14 heteroatoms. The summed E-state index contributed by atoms with van der Waals surface area (Å²) < 4.78 is 55.1. The van der Waals surface area contributed by atoms with E-state index < -0.39 is 45.5 Å². The van der Waals surface area contributed by atoms with Gasteiger partial charge in [-0.3, -0.25) is 0 Å². The maximum atomic E-state index is 16.1. The molecular formula is C31H37ClFN3O7S2. The van der Waals surface area contributed by atoms with Crippen molar-refractivity contribution in [3.8, 4) is 16.2 Å². The second kappa shape index (κ2) is 13.1. The third kappa shape index (κ3) is 8.26. The van der Waals surface area contributed by atoms with Gasteiger partial charge >= 0.3 is 11.9 Å². The van der Waals surface area contributed by atoms with Crippen molar-refractivity contribution < 1.29 is 37.0 Å². The third-order valence-corrected chi connectivity index (χ3v) is 10.8. The number of nitrogen functional groups attached to an aromatic ring is 1. The predicted octanol–water partition coefficient (Wildman–Crippen LogP) is 6.39. The summed E-state index contributed by atoms with van der Waals surface area (Å²) in [6.45, 7) is 8.17. The van der Waals surface area contributed by atoms with Gasteiger partial charge in [-0.15, -0.1) is 11.3 Å². The highest BCUT2D eigenvalue weighted by molar-refractivity contribution is 7.88. The van der Waals surface area contributed by atoms with E-state index in [2.05, 4.69) is 5.32 Å². The first-order chi connectivity index (χ1) is 20.9. The lowest BCUT2D eigenvalue weighted by atomic mass is 9.89. The van der Waals surface area contributed by atoms with Crippen LogP contribution in [0.25, 0.3) is 10.4 Å². The first kappa shape index (κ1) is 34.5. The van der Waals surface area contributed by atoms with Gasteiger partial charge in [-0.25, -0.2) is 22.4 Å². The molecule has 1 fully saturated rings. The Labute approximate surface area is 271 Å². The van der Waals surface area contributed by atoms with E-state index in [1.165, 1.54) is 10.4 Å². The molecule has 0 bridgehead atoms. The molecule has 0 spiro atoms. The van der Waals surface area contributed by atoms with Crippen LogP contribution in [0.4, 0.5) is 15.8 Å². The topological polar surface area (TPSA) is 148 Å². The minimum Gasteiger partial charge on any atom is -0.479 e. The van der Waals surface area contributed by atoms with Crippen LogP contribution in [0, 0.1) is 5.82 Å². The highest BCUT2D eigenvalue weighted by atomic mass is 35.5. The van der Waals surface area contributed by atoms with Crippen molar-refractivity contribution in [2.75, 3.05) is 24.2 Å². The highest BCUT2D eigenvalue weighted by Gasteiger charge is 2.41. The summed E-state index contributed by atoms with van der Waals surface area (Å²) in [4.78, 5) is 24.2. The van der Waals surface area contributed by atoms with Crippen LogP contribution < -0.4 is 15.8 Å². The molecule has 0 radical (unpaired) electrons. The Balaban J connectivity index is 1.57. The first-order valence-electron chi connectivity index (χ1n) is 14.2. The monoisotopic (exact) mass is 681 g/mol. The average Bonchev–Trinajstić information content (AvgIpc) is 3.22. The number of nitrogens with zero attached hydrogens (tertiary/aromatic N) is 1. The molecule has 1 aliphatic rings. The minimum atomic E-state index is -3.67. The number of esters is 1. The molecule has 1 aromatic heterocycles. The number of ether oxygens (including phenoxy) is 2. The smallest absolute Gasteiger partial charge is 0.352 e. The summed E-state index contributed by atoms with van der Waals surface area (Å²) in [7, 11) is -3.67. The predicted molar refractivity (Wildman–Crippen MR) is 174 cm³/mol. The fourth-order valence-corrected chi connectivity index (χ4v) is 8.75. The normalized spacial score (nSPS) is 17.1. The Morgan fingerprint density at radius 3 is 2.53 bits per heavy atom. The molecule has 0 saturated carbocycles. The lowest BCUT2D eigenvalue weighted by Gasteiger charge is -2.45. The van der Waals surface area contributed by atoms with E-state index in [0.29, 0.717) is 24.1 Å². The number of carboxylic acid groups (broad SMARTS) is 1. The number of carbonyl (C=O) groups is 2. The minimum absolute atomic E-state index is 0.0754. The molecule has 45 heavy (non-hydrogen) atoms. The molecule has 10 nitrogen and oxygen atoms in total.